The third-order valence-electron chi connectivity index (χ3n) is 2.97. The van der Waals surface area contributed by atoms with E-state index in [0.29, 0.717) is 5.82 Å². The topological polar surface area (TPSA) is 80.9 Å². The van der Waals surface area contributed by atoms with Crippen LogP contribution in [0.5, 0.6) is 0 Å². The Labute approximate surface area is 94.5 Å². The lowest BCUT2D eigenvalue weighted by Gasteiger charge is -2.22. The molecule has 2 rings (SSSR count). The number of rotatable bonds is 2. The van der Waals surface area contributed by atoms with Gasteiger partial charge in [0.25, 0.3) is 5.91 Å². The number of nitrogens with one attached hydrogen (secondary N) is 1. The van der Waals surface area contributed by atoms with Gasteiger partial charge in [-0.3, -0.25) is 4.79 Å². The molecule has 16 heavy (non-hydrogen) atoms. The number of hydrogen-bond acceptors (Lipinski definition) is 4. The molecule has 5 nitrogen and oxygen atoms in total. The molecule has 0 unspecified atom stereocenters. The Morgan fingerprint density at radius 3 is 2.88 bits per heavy atom. The van der Waals surface area contributed by atoms with Gasteiger partial charge in [-0.15, -0.1) is 0 Å². The molecule has 3 N–H and O–H groups in total. The number of nitrogens with zero attached hydrogens (tertiary/aromatic N) is 2. The molecule has 0 aromatic carbocycles. The summed E-state index contributed by atoms with van der Waals surface area (Å²) >= 11 is 0. The van der Waals surface area contributed by atoms with E-state index < -0.39 is 5.91 Å². The van der Waals surface area contributed by atoms with Gasteiger partial charge in [0, 0.05) is 5.69 Å². The molecule has 1 aromatic rings. The second kappa shape index (κ2) is 3.83. The van der Waals surface area contributed by atoms with Crippen LogP contribution in [0.1, 0.15) is 41.8 Å². The van der Waals surface area contributed by atoms with Crippen molar-refractivity contribution in [2.24, 2.45) is 5.73 Å². The lowest BCUT2D eigenvalue weighted by molar-refractivity contribution is 0.0994. The molecule has 1 aliphatic rings. The maximum atomic E-state index is 11.1. The summed E-state index contributed by atoms with van der Waals surface area (Å²) < 4.78 is 0. The molecule has 1 saturated heterocycles. The Kier molecular flexibility index (Phi) is 2.63. The van der Waals surface area contributed by atoms with Gasteiger partial charge in [0.15, 0.2) is 0 Å². The van der Waals surface area contributed by atoms with Crippen LogP contribution in [-0.4, -0.2) is 22.4 Å². The SMILES string of the molecule is Cc1cc(C(N)=O)nc([C@]2(C)CCCN2)n1. The summed E-state index contributed by atoms with van der Waals surface area (Å²) in [5.74, 6) is 0.159. The molecule has 0 bridgehead atoms. The summed E-state index contributed by atoms with van der Waals surface area (Å²) in [5.41, 5.74) is 6.08. The molecule has 0 radical (unpaired) electrons. The van der Waals surface area contributed by atoms with Crippen LogP contribution >= 0.6 is 0 Å². The fourth-order valence-corrected chi connectivity index (χ4v) is 2.03. The van der Waals surface area contributed by atoms with Crippen molar-refractivity contribution in [3.63, 3.8) is 0 Å². The number of amides is 1. The van der Waals surface area contributed by atoms with Crippen LogP contribution in [-0.2, 0) is 5.54 Å². The van der Waals surface area contributed by atoms with Crippen molar-refractivity contribution in [2.75, 3.05) is 6.54 Å². The minimum Gasteiger partial charge on any atom is -0.364 e. The Morgan fingerprint density at radius 1 is 1.56 bits per heavy atom. The normalized spacial score (nSPS) is 24.6. The molecule has 1 fully saturated rings. The van der Waals surface area contributed by atoms with Crippen molar-refractivity contribution in [1.29, 1.82) is 0 Å². The van der Waals surface area contributed by atoms with E-state index in [1.807, 2.05) is 6.92 Å². The van der Waals surface area contributed by atoms with Gasteiger partial charge in [-0.25, -0.2) is 9.97 Å². The highest BCUT2D eigenvalue weighted by Gasteiger charge is 2.33. The van der Waals surface area contributed by atoms with Crippen molar-refractivity contribution in [2.45, 2.75) is 32.2 Å². The van der Waals surface area contributed by atoms with Gasteiger partial charge in [-0.2, -0.15) is 0 Å². The first-order valence-corrected chi connectivity index (χ1v) is 5.42. The average molecular weight is 220 g/mol. The number of carbonyl (C=O) groups is 1. The molecule has 0 spiro atoms. The van der Waals surface area contributed by atoms with E-state index in [2.05, 4.69) is 22.2 Å². The maximum Gasteiger partial charge on any atom is 0.267 e. The predicted molar refractivity (Wildman–Crippen MR) is 59.9 cm³/mol. The first-order chi connectivity index (χ1) is 7.51. The lowest BCUT2D eigenvalue weighted by Crippen LogP contribution is -2.36. The van der Waals surface area contributed by atoms with Gasteiger partial charge >= 0.3 is 0 Å². The average Bonchev–Trinajstić information content (AvgIpc) is 2.65. The second-order valence-corrected chi connectivity index (χ2v) is 4.44. The molecule has 1 aliphatic heterocycles. The third kappa shape index (κ3) is 1.90. The fraction of sp³-hybridized carbons (Fsp3) is 0.545. The molecule has 1 aromatic heterocycles. The predicted octanol–water partition coefficient (Wildman–Crippen LogP) is 0.483. The number of aromatic nitrogens is 2. The van der Waals surface area contributed by atoms with E-state index in [9.17, 15) is 4.79 Å². The largest absolute Gasteiger partial charge is 0.364 e. The van der Waals surface area contributed by atoms with Crippen molar-refractivity contribution < 1.29 is 4.79 Å². The van der Waals surface area contributed by atoms with E-state index in [0.717, 1.165) is 25.1 Å². The smallest absolute Gasteiger partial charge is 0.267 e. The minimum absolute atomic E-state index is 0.226. The lowest BCUT2D eigenvalue weighted by atomic mass is 9.99. The molecule has 2 heterocycles. The zero-order valence-corrected chi connectivity index (χ0v) is 9.58. The summed E-state index contributed by atoms with van der Waals surface area (Å²) in [5, 5.41) is 3.37. The van der Waals surface area contributed by atoms with E-state index in [-0.39, 0.29) is 11.2 Å². The number of aryl methyl sites for hydroxylation is 1. The molecule has 0 saturated carbocycles. The molecule has 1 amide bonds. The summed E-state index contributed by atoms with van der Waals surface area (Å²) in [6.07, 6.45) is 2.08. The first kappa shape index (κ1) is 11.0. The Morgan fingerprint density at radius 2 is 2.31 bits per heavy atom. The summed E-state index contributed by atoms with van der Waals surface area (Å²) in [6.45, 7) is 4.86. The van der Waals surface area contributed by atoms with Gasteiger partial charge in [0.05, 0.1) is 5.54 Å². The number of nitrogens with two attached hydrogens (primary N) is 1. The highest BCUT2D eigenvalue weighted by molar-refractivity contribution is 5.90. The van der Waals surface area contributed by atoms with Crippen LogP contribution in [0.4, 0.5) is 0 Å². The van der Waals surface area contributed by atoms with Crippen LogP contribution in [0.25, 0.3) is 0 Å². The Balaban J connectivity index is 2.44. The molecule has 1 atom stereocenters. The molecular formula is C11H16N4O. The second-order valence-electron chi connectivity index (χ2n) is 4.44. The number of carbonyl (C=O) groups excluding carboxylic acids is 1. The van der Waals surface area contributed by atoms with Crippen LogP contribution in [0.2, 0.25) is 0 Å². The monoisotopic (exact) mass is 220 g/mol. The van der Waals surface area contributed by atoms with Crippen LogP contribution < -0.4 is 11.1 Å². The first-order valence-electron chi connectivity index (χ1n) is 5.42. The fourth-order valence-electron chi connectivity index (χ4n) is 2.03. The minimum atomic E-state index is -0.506. The molecule has 5 heteroatoms. The van der Waals surface area contributed by atoms with Crippen molar-refractivity contribution in [3.8, 4) is 0 Å². The van der Waals surface area contributed by atoms with E-state index in [1.165, 1.54) is 0 Å². The van der Waals surface area contributed by atoms with Crippen molar-refractivity contribution in [1.82, 2.24) is 15.3 Å². The van der Waals surface area contributed by atoms with Crippen LogP contribution in [0.15, 0.2) is 6.07 Å². The van der Waals surface area contributed by atoms with Crippen LogP contribution in [0, 0.1) is 6.92 Å². The van der Waals surface area contributed by atoms with Gasteiger partial charge in [-0.05, 0) is 39.3 Å². The Hall–Kier alpha value is -1.49. The molecular weight excluding hydrogens is 204 g/mol. The zero-order chi connectivity index (χ0) is 11.8. The highest BCUT2D eigenvalue weighted by atomic mass is 16.1. The Bertz CT molecular complexity index is 424. The van der Waals surface area contributed by atoms with Crippen molar-refractivity contribution in [3.05, 3.63) is 23.3 Å². The van der Waals surface area contributed by atoms with Gasteiger partial charge < -0.3 is 11.1 Å². The summed E-state index contributed by atoms with van der Waals surface area (Å²) in [7, 11) is 0. The maximum absolute atomic E-state index is 11.1. The summed E-state index contributed by atoms with van der Waals surface area (Å²) in [6, 6.07) is 1.62. The van der Waals surface area contributed by atoms with Gasteiger partial charge in [0.2, 0.25) is 0 Å². The van der Waals surface area contributed by atoms with Crippen molar-refractivity contribution >= 4 is 5.91 Å². The van der Waals surface area contributed by atoms with Crippen LogP contribution in [0.3, 0.4) is 0 Å². The summed E-state index contributed by atoms with van der Waals surface area (Å²) in [4.78, 5) is 19.8. The standard InChI is InChI=1S/C11H16N4O/c1-7-6-8(9(12)16)15-10(14-7)11(2)4-3-5-13-11/h6,13H,3-5H2,1-2H3,(H2,12,16)/t11-/m0/s1. The highest BCUT2D eigenvalue weighted by Crippen LogP contribution is 2.27. The molecule has 86 valence electrons. The van der Waals surface area contributed by atoms with E-state index in [1.54, 1.807) is 6.07 Å². The zero-order valence-electron chi connectivity index (χ0n) is 9.58. The quantitative estimate of drug-likeness (QED) is 0.759. The number of hydrogen-bond donors (Lipinski definition) is 2. The number of primary amides is 1. The van der Waals surface area contributed by atoms with E-state index in [4.69, 9.17) is 5.73 Å². The third-order valence-corrected chi connectivity index (χ3v) is 2.97. The van der Waals surface area contributed by atoms with Gasteiger partial charge in [0.1, 0.15) is 11.5 Å². The van der Waals surface area contributed by atoms with E-state index >= 15 is 0 Å². The molecule has 0 aliphatic carbocycles. The van der Waals surface area contributed by atoms with Gasteiger partial charge in [-0.1, -0.05) is 0 Å².